The summed E-state index contributed by atoms with van der Waals surface area (Å²) in [6, 6.07) is -0.758. The monoisotopic (exact) mass is 281 g/mol. The molecule has 20 heavy (non-hydrogen) atoms. The third-order valence-corrected chi connectivity index (χ3v) is 2.74. The molecule has 3 amide bonds. The van der Waals surface area contributed by atoms with Gasteiger partial charge < -0.3 is 14.5 Å². The van der Waals surface area contributed by atoms with Crippen molar-refractivity contribution in [2.75, 3.05) is 6.61 Å². The van der Waals surface area contributed by atoms with Crippen LogP contribution >= 0.6 is 0 Å². The number of hydrogen-bond acceptors (Lipinski definition) is 6. The van der Waals surface area contributed by atoms with Gasteiger partial charge in [0.1, 0.15) is 6.04 Å². The summed E-state index contributed by atoms with van der Waals surface area (Å²) in [4.78, 5) is 38.6. The molecule has 1 aromatic heterocycles. The molecule has 1 aromatic rings. The number of carbonyl (C=O) groups is 3. The summed E-state index contributed by atoms with van der Waals surface area (Å²) in [5.74, 6) is -1.11. The molecule has 8 heteroatoms. The third kappa shape index (κ3) is 2.95. The second-order valence-corrected chi connectivity index (χ2v) is 4.28. The molecule has 0 bridgehead atoms. The summed E-state index contributed by atoms with van der Waals surface area (Å²) in [6.07, 6.45) is 0.448. The Morgan fingerprint density at radius 2 is 2.30 bits per heavy atom. The highest BCUT2D eigenvalue weighted by Crippen LogP contribution is 2.20. The number of rotatable bonds is 4. The molecule has 1 aliphatic heterocycles. The van der Waals surface area contributed by atoms with Crippen LogP contribution in [0.4, 0.5) is 0 Å². The Kier molecular flexibility index (Phi) is 4.02. The fourth-order valence-corrected chi connectivity index (χ4v) is 1.84. The molecule has 1 fully saturated rings. The van der Waals surface area contributed by atoms with Gasteiger partial charge in [0.25, 0.3) is 5.91 Å². The number of oxazole rings is 1. The lowest BCUT2D eigenvalue weighted by atomic mass is 10.1. The number of ether oxygens (including phenoxy) is 1. The lowest BCUT2D eigenvalue weighted by Gasteiger charge is -2.21. The summed E-state index contributed by atoms with van der Waals surface area (Å²) in [5, 5.41) is 4.68. The molecule has 0 radical (unpaired) electrons. The molecule has 1 aliphatic rings. The Morgan fingerprint density at radius 3 is 2.95 bits per heavy atom. The van der Waals surface area contributed by atoms with E-state index in [2.05, 4.69) is 15.6 Å². The largest absolute Gasteiger partial charge is 0.464 e. The van der Waals surface area contributed by atoms with Crippen LogP contribution in [0.5, 0.6) is 5.95 Å². The Morgan fingerprint density at radius 1 is 1.55 bits per heavy atom. The summed E-state index contributed by atoms with van der Waals surface area (Å²) < 4.78 is 10.3. The fourth-order valence-electron chi connectivity index (χ4n) is 1.84. The van der Waals surface area contributed by atoms with Gasteiger partial charge in [-0.05, 0) is 13.3 Å². The molecule has 108 valence electrons. The van der Waals surface area contributed by atoms with Gasteiger partial charge in [0.2, 0.25) is 17.5 Å². The first kappa shape index (κ1) is 14.0. The Hall–Kier alpha value is -2.38. The van der Waals surface area contributed by atoms with Crippen molar-refractivity contribution < 1.29 is 23.5 Å². The summed E-state index contributed by atoms with van der Waals surface area (Å²) >= 11 is 0. The van der Waals surface area contributed by atoms with Crippen LogP contribution < -0.4 is 15.4 Å². The molecular weight excluding hydrogens is 266 g/mol. The highest BCUT2D eigenvalue weighted by molar-refractivity contribution is 6.03. The number of aromatic nitrogens is 1. The summed E-state index contributed by atoms with van der Waals surface area (Å²) in [6.45, 7) is 3.67. The van der Waals surface area contributed by atoms with E-state index in [0.717, 1.165) is 0 Å². The number of amides is 3. The molecule has 1 unspecified atom stereocenters. The molecule has 1 atom stereocenters. The van der Waals surface area contributed by atoms with Crippen LogP contribution in [-0.4, -0.2) is 35.4 Å². The second-order valence-electron chi connectivity index (χ2n) is 4.28. The fraction of sp³-hybridized carbons (Fsp3) is 0.500. The maximum Gasteiger partial charge on any atom is 0.318 e. The van der Waals surface area contributed by atoms with Gasteiger partial charge in [-0.15, -0.1) is 0 Å². The zero-order valence-electron chi connectivity index (χ0n) is 11.2. The van der Waals surface area contributed by atoms with E-state index in [1.807, 2.05) is 0 Å². The molecule has 2 N–H and O–H groups in total. The van der Waals surface area contributed by atoms with Crippen LogP contribution in [-0.2, 0) is 9.59 Å². The number of aryl methyl sites for hydroxylation is 1. The second kappa shape index (κ2) is 5.72. The first-order chi connectivity index (χ1) is 9.51. The number of hydrogen-bond donors (Lipinski definition) is 2. The predicted molar refractivity (Wildman–Crippen MR) is 66.0 cm³/mol. The molecule has 0 aromatic carbocycles. The van der Waals surface area contributed by atoms with E-state index in [1.165, 1.54) is 0 Å². The smallest absolute Gasteiger partial charge is 0.318 e. The van der Waals surface area contributed by atoms with Crippen molar-refractivity contribution in [3.8, 4) is 5.95 Å². The lowest BCUT2D eigenvalue weighted by Crippen LogP contribution is -2.52. The topological polar surface area (TPSA) is 111 Å². The number of imide groups is 1. The molecule has 0 spiro atoms. The number of nitrogens with zero attached hydrogens (tertiary/aromatic N) is 1. The van der Waals surface area contributed by atoms with E-state index >= 15 is 0 Å². The average molecular weight is 281 g/mol. The van der Waals surface area contributed by atoms with Crippen LogP contribution in [0.15, 0.2) is 4.42 Å². The average Bonchev–Trinajstić information content (AvgIpc) is 2.74. The number of nitrogens with one attached hydrogen (secondary N) is 2. The molecule has 2 rings (SSSR count). The van der Waals surface area contributed by atoms with Gasteiger partial charge in [-0.3, -0.25) is 19.7 Å². The van der Waals surface area contributed by atoms with Gasteiger partial charge in [0, 0.05) is 13.3 Å². The van der Waals surface area contributed by atoms with Gasteiger partial charge in [0.15, 0.2) is 5.89 Å². The minimum Gasteiger partial charge on any atom is -0.464 e. The van der Waals surface area contributed by atoms with E-state index in [0.29, 0.717) is 12.5 Å². The van der Waals surface area contributed by atoms with Gasteiger partial charge in [-0.2, -0.15) is 0 Å². The van der Waals surface area contributed by atoms with Crippen LogP contribution in [0, 0.1) is 6.92 Å². The van der Waals surface area contributed by atoms with Crippen LogP contribution in [0.3, 0.4) is 0 Å². The van der Waals surface area contributed by atoms with E-state index in [9.17, 15) is 14.4 Å². The third-order valence-electron chi connectivity index (χ3n) is 2.74. The maximum absolute atomic E-state index is 12.1. The summed E-state index contributed by atoms with van der Waals surface area (Å²) in [5.41, 5.74) is -0.00551. The van der Waals surface area contributed by atoms with Crippen molar-refractivity contribution in [1.29, 1.82) is 0 Å². The lowest BCUT2D eigenvalue weighted by molar-refractivity contribution is -0.134. The Labute approximate surface area is 114 Å². The highest BCUT2D eigenvalue weighted by atomic mass is 16.6. The summed E-state index contributed by atoms with van der Waals surface area (Å²) in [7, 11) is 0. The SMILES string of the molecule is CCOc1oc(C)nc1C(=O)NC1CCC(=O)NC1=O. The number of carbonyl (C=O) groups excluding carboxylic acids is 3. The quantitative estimate of drug-likeness (QED) is 0.747. The van der Waals surface area contributed by atoms with Crippen molar-refractivity contribution in [3.05, 3.63) is 11.6 Å². The maximum atomic E-state index is 12.1. The van der Waals surface area contributed by atoms with Crippen molar-refractivity contribution in [2.24, 2.45) is 0 Å². The molecular formula is C12H15N3O5. The van der Waals surface area contributed by atoms with E-state index in [1.54, 1.807) is 13.8 Å². The van der Waals surface area contributed by atoms with Gasteiger partial charge in [0.05, 0.1) is 6.61 Å². The normalized spacial score (nSPS) is 18.6. The Balaban J connectivity index is 2.08. The zero-order chi connectivity index (χ0) is 14.7. The van der Waals surface area contributed by atoms with Crippen molar-refractivity contribution in [1.82, 2.24) is 15.6 Å². The van der Waals surface area contributed by atoms with E-state index in [4.69, 9.17) is 9.15 Å². The van der Waals surface area contributed by atoms with E-state index < -0.39 is 17.9 Å². The van der Waals surface area contributed by atoms with Crippen molar-refractivity contribution in [2.45, 2.75) is 32.7 Å². The molecule has 8 nitrogen and oxygen atoms in total. The van der Waals surface area contributed by atoms with Crippen molar-refractivity contribution >= 4 is 17.7 Å². The first-order valence-corrected chi connectivity index (χ1v) is 6.26. The predicted octanol–water partition coefficient (Wildman–Crippen LogP) is -0.0833. The van der Waals surface area contributed by atoms with Crippen LogP contribution in [0.1, 0.15) is 36.1 Å². The molecule has 0 saturated carbocycles. The minimum atomic E-state index is -0.758. The minimum absolute atomic E-state index is 0.00551. The molecule has 0 aliphatic carbocycles. The highest BCUT2D eigenvalue weighted by Gasteiger charge is 2.30. The molecule has 2 heterocycles. The Bertz CT molecular complexity index is 551. The van der Waals surface area contributed by atoms with Crippen LogP contribution in [0.2, 0.25) is 0 Å². The van der Waals surface area contributed by atoms with Gasteiger partial charge in [-0.25, -0.2) is 4.98 Å². The van der Waals surface area contributed by atoms with Crippen LogP contribution in [0.25, 0.3) is 0 Å². The van der Waals surface area contributed by atoms with Gasteiger partial charge in [-0.1, -0.05) is 0 Å². The number of piperidine rings is 1. The zero-order valence-corrected chi connectivity index (χ0v) is 11.2. The molecule has 1 saturated heterocycles. The first-order valence-electron chi connectivity index (χ1n) is 6.26. The van der Waals surface area contributed by atoms with Gasteiger partial charge >= 0.3 is 5.95 Å². The standard InChI is InChI=1S/C12H15N3O5/c1-3-19-12-9(13-6(2)20-12)11(18)14-7-4-5-8(16)15-10(7)17/h7H,3-5H2,1-2H3,(H,14,18)(H,15,16,17). The van der Waals surface area contributed by atoms with E-state index in [-0.39, 0.29) is 30.4 Å². The van der Waals surface area contributed by atoms with Crippen molar-refractivity contribution in [3.63, 3.8) is 0 Å².